The number of carbonyl (C=O) groups is 2. The number of anilines is 1. The summed E-state index contributed by atoms with van der Waals surface area (Å²) >= 11 is 0. The van der Waals surface area contributed by atoms with Crippen LogP contribution in [-0.4, -0.2) is 42.1 Å². The maximum Gasteiger partial charge on any atom is 0.305 e. The van der Waals surface area contributed by atoms with Gasteiger partial charge in [0.05, 0.1) is 12.0 Å². The van der Waals surface area contributed by atoms with Crippen LogP contribution in [0.15, 0.2) is 18.3 Å². The van der Waals surface area contributed by atoms with E-state index in [0.717, 1.165) is 0 Å². The van der Waals surface area contributed by atoms with Crippen molar-refractivity contribution in [2.45, 2.75) is 13.3 Å². The molecule has 98 valence electrons. The molecular formula is C12H17N3O3. The third-order valence-corrected chi connectivity index (χ3v) is 2.40. The minimum atomic E-state index is -0.846. The van der Waals surface area contributed by atoms with Crippen molar-refractivity contribution in [3.63, 3.8) is 0 Å². The lowest BCUT2D eigenvalue weighted by Crippen LogP contribution is -2.24. The summed E-state index contributed by atoms with van der Waals surface area (Å²) in [5, 5.41) is 11.3. The largest absolute Gasteiger partial charge is 0.481 e. The van der Waals surface area contributed by atoms with E-state index in [9.17, 15) is 9.59 Å². The number of rotatable bonds is 6. The predicted octanol–water partition coefficient (Wildman–Crippen LogP) is 0.742. The third kappa shape index (κ3) is 4.04. The molecule has 0 saturated heterocycles. The van der Waals surface area contributed by atoms with Crippen LogP contribution in [-0.2, 0) is 4.79 Å². The number of aromatic nitrogens is 1. The third-order valence-electron chi connectivity index (χ3n) is 2.40. The van der Waals surface area contributed by atoms with Crippen LogP contribution in [0.2, 0.25) is 0 Å². The lowest BCUT2D eigenvalue weighted by Gasteiger charge is -2.16. The Morgan fingerprint density at radius 3 is 2.67 bits per heavy atom. The number of carbonyl (C=O) groups excluding carboxylic acids is 1. The van der Waals surface area contributed by atoms with Gasteiger partial charge in [0.1, 0.15) is 5.82 Å². The van der Waals surface area contributed by atoms with Crippen molar-refractivity contribution in [1.29, 1.82) is 0 Å². The maximum atomic E-state index is 11.5. The van der Waals surface area contributed by atoms with E-state index in [4.69, 9.17) is 5.11 Å². The predicted molar refractivity (Wildman–Crippen MR) is 67.8 cm³/mol. The van der Waals surface area contributed by atoms with Crippen LogP contribution in [0, 0.1) is 0 Å². The molecule has 6 nitrogen and oxygen atoms in total. The van der Waals surface area contributed by atoms with Gasteiger partial charge in [-0.15, -0.1) is 0 Å². The fraction of sp³-hybridized carbons (Fsp3) is 0.417. The minimum absolute atomic E-state index is 0.0518. The number of nitrogens with one attached hydrogen (secondary N) is 1. The average molecular weight is 251 g/mol. The van der Waals surface area contributed by atoms with Gasteiger partial charge in [-0.2, -0.15) is 0 Å². The second kappa shape index (κ2) is 6.58. The van der Waals surface area contributed by atoms with Gasteiger partial charge in [-0.05, 0) is 19.1 Å². The topological polar surface area (TPSA) is 82.5 Å². The zero-order valence-corrected chi connectivity index (χ0v) is 10.5. The van der Waals surface area contributed by atoms with Gasteiger partial charge in [0.25, 0.3) is 5.91 Å². The van der Waals surface area contributed by atoms with Gasteiger partial charge < -0.3 is 15.3 Å². The first-order valence-electron chi connectivity index (χ1n) is 5.71. The lowest BCUT2D eigenvalue weighted by molar-refractivity contribution is -0.136. The Morgan fingerprint density at radius 1 is 1.44 bits per heavy atom. The smallest absolute Gasteiger partial charge is 0.305 e. The van der Waals surface area contributed by atoms with E-state index >= 15 is 0 Å². The monoisotopic (exact) mass is 251 g/mol. The van der Waals surface area contributed by atoms with Crippen LogP contribution in [0.4, 0.5) is 5.82 Å². The molecule has 0 saturated carbocycles. The summed E-state index contributed by atoms with van der Waals surface area (Å²) in [7, 11) is 1.76. The zero-order valence-electron chi connectivity index (χ0n) is 10.5. The SMILES string of the molecule is CCNC(=O)c1ccc(N(C)CCC(=O)O)nc1. The Balaban J connectivity index is 2.64. The van der Waals surface area contributed by atoms with Gasteiger partial charge in [0.2, 0.25) is 0 Å². The highest BCUT2D eigenvalue weighted by Gasteiger charge is 2.08. The number of carboxylic acid groups (broad SMARTS) is 1. The number of hydrogen-bond acceptors (Lipinski definition) is 4. The molecule has 0 aliphatic rings. The fourth-order valence-electron chi connectivity index (χ4n) is 1.39. The molecule has 1 amide bonds. The highest BCUT2D eigenvalue weighted by Crippen LogP contribution is 2.09. The molecule has 1 aromatic rings. The number of amides is 1. The number of nitrogens with zero attached hydrogens (tertiary/aromatic N) is 2. The molecule has 0 aliphatic heterocycles. The highest BCUT2D eigenvalue weighted by molar-refractivity contribution is 5.93. The molecule has 0 bridgehead atoms. The van der Waals surface area contributed by atoms with Gasteiger partial charge in [0, 0.05) is 26.3 Å². The maximum absolute atomic E-state index is 11.5. The molecule has 0 spiro atoms. The molecule has 0 radical (unpaired) electrons. The second-order valence-electron chi connectivity index (χ2n) is 3.83. The summed E-state index contributed by atoms with van der Waals surface area (Å²) in [4.78, 5) is 27.8. The Hall–Kier alpha value is -2.11. The summed E-state index contributed by atoms with van der Waals surface area (Å²) in [5.74, 6) is -0.366. The van der Waals surface area contributed by atoms with Gasteiger partial charge in [-0.1, -0.05) is 0 Å². The van der Waals surface area contributed by atoms with E-state index in [1.807, 2.05) is 6.92 Å². The summed E-state index contributed by atoms with van der Waals surface area (Å²) in [5.41, 5.74) is 0.493. The summed E-state index contributed by atoms with van der Waals surface area (Å²) < 4.78 is 0. The van der Waals surface area contributed by atoms with Crippen molar-refractivity contribution in [2.75, 3.05) is 25.0 Å². The molecule has 2 N–H and O–H groups in total. The molecular weight excluding hydrogens is 234 g/mol. The standard InChI is InChI=1S/C12H17N3O3/c1-3-13-12(18)9-4-5-10(14-8-9)15(2)7-6-11(16)17/h4-5,8H,3,6-7H2,1-2H3,(H,13,18)(H,16,17). The van der Waals surface area contributed by atoms with Gasteiger partial charge in [-0.3, -0.25) is 9.59 Å². The summed E-state index contributed by atoms with van der Waals surface area (Å²) in [6, 6.07) is 3.37. The second-order valence-corrected chi connectivity index (χ2v) is 3.83. The molecule has 1 rings (SSSR count). The Kier molecular flexibility index (Phi) is 5.10. The first-order chi connectivity index (χ1) is 8.54. The molecule has 0 unspecified atom stereocenters. The van der Waals surface area contributed by atoms with Gasteiger partial charge in [0.15, 0.2) is 0 Å². The molecule has 1 aromatic heterocycles. The van der Waals surface area contributed by atoms with E-state index in [2.05, 4.69) is 10.3 Å². The number of pyridine rings is 1. The molecule has 0 aliphatic carbocycles. The molecule has 18 heavy (non-hydrogen) atoms. The van der Waals surface area contributed by atoms with Crippen molar-refractivity contribution in [3.05, 3.63) is 23.9 Å². The van der Waals surface area contributed by atoms with E-state index < -0.39 is 5.97 Å². The van der Waals surface area contributed by atoms with Crippen molar-refractivity contribution in [2.24, 2.45) is 0 Å². The van der Waals surface area contributed by atoms with Crippen LogP contribution in [0.1, 0.15) is 23.7 Å². The Labute approximate surface area is 106 Å². The van der Waals surface area contributed by atoms with Crippen LogP contribution in [0.25, 0.3) is 0 Å². The number of hydrogen-bond donors (Lipinski definition) is 2. The van der Waals surface area contributed by atoms with Crippen LogP contribution < -0.4 is 10.2 Å². The molecule has 0 fully saturated rings. The van der Waals surface area contributed by atoms with E-state index in [1.165, 1.54) is 6.20 Å². The van der Waals surface area contributed by atoms with Crippen molar-refractivity contribution >= 4 is 17.7 Å². The molecule has 0 atom stereocenters. The fourth-order valence-corrected chi connectivity index (χ4v) is 1.39. The van der Waals surface area contributed by atoms with E-state index in [0.29, 0.717) is 24.5 Å². The van der Waals surface area contributed by atoms with E-state index in [1.54, 1.807) is 24.1 Å². The van der Waals surface area contributed by atoms with Crippen LogP contribution in [0.3, 0.4) is 0 Å². The van der Waals surface area contributed by atoms with Gasteiger partial charge >= 0.3 is 5.97 Å². The minimum Gasteiger partial charge on any atom is -0.481 e. The van der Waals surface area contributed by atoms with Crippen molar-refractivity contribution in [1.82, 2.24) is 10.3 Å². The normalized spacial score (nSPS) is 9.89. The Morgan fingerprint density at radius 2 is 2.17 bits per heavy atom. The summed E-state index contributed by atoms with van der Waals surface area (Å²) in [6.07, 6.45) is 1.54. The molecule has 6 heteroatoms. The zero-order chi connectivity index (χ0) is 13.5. The quantitative estimate of drug-likeness (QED) is 0.779. The van der Waals surface area contributed by atoms with Crippen molar-refractivity contribution < 1.29 is 14.7 Å². The molecule has 0 aromatic carbocycles. The van der Waals surface area contributed by atoms with Crippen molar-refractivity contribution in [3.8, 4) is 0 Å². The average Bonchev–Trinajstić information content (AvgIpc) is 2.36. The highest BCUT2D eigenvalue weighted by atomic mass is 16.4. The number of aliphatic carboxylic acids is 1. The van der Waals surface area contributed by atoms with Crippen LogP contribution >= 0.6 is 0 Å². The number of carboxylic acids is 1. The van der Waals surface area contributed by atoms with Crippen LogP contribution in [0.5, 0.6) is 0 Å². The first kappa shape index (κ1) is 14.0. The molecule has 1 heterocycles. The van der Waals surface area contributed by atoms with E-state index in [-0.39, 0.29) is 12.3 Å². The first-order valence-corrected chi connectivity index (χ1v) is 5.71. The Bertz CT molecular complexity index is 417. The summed E-state index contributed by atoms with van der Waals surface area (Å²) in [6.45, 7) is 2.79. The van der Waals surface area contributed by atoms with Gasteiger partial charge in [-0.25, -0.2) is 4.98 Å². The lowest BCUT2D eigenvalue weighted by atomic mass is 10.2.